The number of carbonyl (C=O) groups is 1. The van der Waals surface area contributed by atoms with Crippen LogP contribution in [-0.4, -0.2) is 13.0 Å². The largest absolute Gasteiger partial charge is 0.496 e. The lowest BCUT2D eigenvalue weighted by atomic mass is 10.2. The average Bonchev–Trinajstić information content (AvgIpc) is 2.49. The molecule has 0 aliphatic heterocycles. The third kappa shape index (κ3) is 4.18. The summed E-state index contributed by atoms with van der Waals surface area (Å²) in [7, 11) is 1.56. The number of amides is 1. The Kier molecular flexibility index (Phi) is 5.33. The minimum Gasteiger partial charge on any atom is -0.496 e. The quantitative estimate of drug-likeness (QED) is 0.808. The summed E-state index contributed by atoms with van der Waals surface area (Å²) in [5, 5.41) is 2.52. The molecule has 0 spiro atoms. The highest BCUT2D eigenvalue weighted by atomic mass is 79.9. The van der Waals surface area contributed by atoms with Crippen molar-refractivity contribution in [3.8, 4) is 5.75 Å². The molecule has 0 unspecified atom stereocenters. The van der Waals surface area contributed by atoms with Crippen LogP contribution in [0.25, 0.3) is 6.08 Å². The predicted molar refractivity (Wildman–Crippen MR) is 89.5 cm³/mol. The van der Waals surface area contributed by atoms with Crippen LogP contribution in [0, 0.1) is 12.7 Å². The third-order valence-electron chi connectivity index (χ3n) is 2.99. The molecule has 0 aliphatic rings. The molecule has 0 heterocycles. The maximum absolute atomic E-state index is 13.6. The van der Waals surface area contributed by atoms with E-state index >= 15 is 0 Å². The van der Waals surface area contributed by atoms with Crippen molar-refractivity contribution in [2.45, 2.75) is 6.92 Å². The van der Waals surface area contributed by atoms with Crippen LogP contribution in [0.4, 0.5) is 10.1 Å². The fourth-order valence-corrected chi connectivity index (χ4v) is 2.29. The fraction of sp³-hybridized carbons (Fsp3) is 0.118. The van der Waals surface area contributed by atoms with Gasteiger partial charge in [-0.15, -0.1) is 0 Å². The number of hydrogen-bond donors (Lipinski definition) is 1. The first-order chi connectivity index (χ1) is 10.5. The van der Waals surface area contributed by atoms with Gasteiger partial charge in [-0.25, -0.2) is 4.39 Å². The van der Waals surface area contributed by atoms with Gasteiger partial charge in [-0.1, -0.05) is 22.0 Å². The second kappa shape index (κ2) is 7.22. The van der Waals surface area contributed by atoms with Crippen LogP contribution in [0.1, 0.15) is 11.1 Å². The van der Waals surface area contributed by atoms with Crippen LogP contribution < -0.4 is 10.1 Å². The van der Waals surface area contributed by atoms with Crippen LogP contribution in [0.2, 0.25) is 0 Å². The van der Waals surface area contributed by atoms with E-state index in [9.17, 15) is 9.18 Å². The molecular formula is C17H15BrFNO2. The lowest BCUT2D eigenvalue weighted by molar-refractivity contribution is -0.111. The van der Waals surface area contributed by atoms with Crippen molar-refractivity contribution < 1.29 is 13.9 Å². The number of benzene rings is 2. The van der Waals surface area contributed by atoms with Crippen LogP contribution in [0.3, 0.4) is 0 Å². The molecule has 0 bridgehead atoms. The zero-order valence-electron chi connectivity index (χ0n) is 12.2. The van der Waals surface area contributed by atoms with Crippen molar-refractivity contribution in [3.05, 3.63) is 63.9 Å². The van der Waals surface area contributed by atoms with Crippen molar-refractivity contribution in [1.29, 1.82) is 0 Å². The highest BCUT2D eigenvalue weighted by Gasteiger charge is 2.06. The Morgan fingerprint density at radius 1 is 1.27 bits per heavy atom. The summed E-state index contributed by atoms with van der Waals surface area (Å²) >= 11 is 3.36. The van der Waals surface area contributed by atoms with Gasteiger partial charge in [0.15, 0.2) is 0 Å². The summed E-state index contributed by atoms with van der Waals surface area (Å²) in [4.78, 5) is 11.9. The van der Waals surface area contributed by atoms with E-state index < -0.39 is 11.7 Å². The number of aryl methyl sites for hydroxylation is 1. The molecule has 3 nitrogen and oxygen atoms in total. The van der Waals surface area contributed by atoms with Crippen molar-refractivity contribution in [2.75, 3.05) is 12.4 Å². The first-order valence-corrected chi connectivity index (χ1v) is 7.37. The number of methoxy groups -OCH3 is 1. The van der Waals surface area contributed by atoms with E-state index in [0.29, 0.717) is 5.75 Å². The molecule has 1 amide bonds. The van der Waals surface area contributed by atoms with Crippen molar-refractivity contribution in [3.63, 3.8) is 0 Å². The summed E-state index contributed by atoms with van der Waals surface area (Å²) in [6, 6.07) is 10.0. The van der Waals surface area contributed by atoms with Crippen LogP contribution in [-0.2, 0) is 4.79 Å². The number of anilines is 1. The Hall–Kier alpha value is -2.14. The molecule has 22 heavy (non-hydrogen) atoms. The van der Waals surface area contributed by atoms with E-state index in [1.54, 1.807) is 31.4 Å². The van der Waals surface area contributed by atoms with E-state index in [1.807, 2.05) is 19.1 Å². The molecule has 0 aliphatic carbocycles. The molecule has 0 atom stereocenters. The Morgan fingerprint density at radius 3 is 2.77 bits per heavy atom. The Bertz CT molecular complexity index is 729. The lowest BCUT2D eigenvalue weighted by Crippen LogP contribution is -2.09. The summed E-state index contributed by atoms with van der Waals surface area (Å²) in [5.74, 6) is -0.229. The van der Waals surface area contributed by atoms with Crippen LogP contribution in [0.15, 0.2) is 46.9 Å². The second-order valence-electron chi connectivity index (χ2n) is 4.69. The summed E-state index contributed by atoms with van der Waals surface area (Å²) in [6.45, 7) is 1.83. The van der Waals surface area contributed by atoms with Gasteiger partial charge in [0.2, 0.25) is 5.91 Å². The summed E-state index contributed by atoms with van der Waals surface area (Å²) in [6.07, 6.45) is 2.96. The smallest absolute Gasteiger partial charge is 0.248 e. The van der Waals surface area contributed by atoms with Gasteiger partial charge in [0.05, 0.1) is 12.8 Å². The first-order valence-electron chi connectivity index (χ1n) is 6.58. The Labute approximate surface area is 136 Å². The number of hydrogen-bond acceptors (Lipinski definition) is 2. The maximum atomic E-state index is 13.6. The third-order valence-corrected chi connectivity index (χ3v) is 3.48. The Balaban J connectivity index is 2.15. The van der Waals surface area contributed by atoms with Crippen molar-refractivity contribution in [2.24, 2.45) is 0 Å². The topological polar surface area (TPSA) is 38.3 Å². The predicted octanol–water partition coefficient (Wildman–Crippen LogP) is 4.56. The molecule has 1 N–H and O–H groups in total. The molecule has 5 heteroatoms. The van der Waals surface area contributed by atoms with Crippen LogP contribution >= 0.6 is 15.9 Å². The van der Waals surface area contributed by atoms with Crippen molar-refractivity contribution >= 4 is 33.6 Å². The molecule has 0 aromatic heterocycles. The normalized spacial score (nSPS) is 10.7. The van der Waals surface area contributed by atoms with Crippen LogP contribution in [0.5, 0.6) is 5.75 Å². The van der Waals surface area contributed by atoms with Gasteiger partial charge in [-0.2, -0.15) is 0 Å². The first kappa shape index (κ1) is 16.2. The van der Waals surface area contributed by atoms with Gasteiger partial charge in [-0.3, -0.25) is 4.79 Å². The number of rotatable bonds is 4. The molecule has 0 saturated heterocycles. The zero-order valence-corrected chi connectivity index (χ0v) is 13.8. The van der Waals surface area contributed by atoms with Gasteiger partial charge in [0, 0.05) is 16.1 Å². The molecule has 0 radical (unpaired) electrons. The summed E-state index contributed by atoms with van der Waals surface area (Å²) in [5.41, 5.74) is 1.78. The fourth-order valence-electron chi connectivity index (χ4n) is 1.91. The molecule has 0 saturated carbocycles. The summed E-state index contributed by atoms with van der Waals surface area (Å²) < 4.78 is 19.7. The van der Waals surface area contributed by atoms with E-state index in [0.717, 1.165) is 15.6 Å². The molecule has 2 aromatic rings. The van der Waals surface area contributed by atoms with Gasteiger partial charge in [-0.05, 0) is 48.9 Å². The SMILES string of the molecule is COc1ccc(Br)cc1/C=C/C(=O)Nc1cc(C)ccc1F. The van der Waals surface area contributed by atoms with Gasteiger partial charge in [0.1, 0.15) is 11.6 Å². The van der Waals surface area contributed by atoms with E-state index in [2.05, 4.69) is 21.2 Å². The molecule has 2 rings (SSSR count). The van der Waals surface area contributed by atoms with Gasteiger partial charge >= 0.3 is 0 Å². The molecule has 114 valence electrons. The average molecular weight is 364 g/mol. The second-order valence-corrected chi connectivity index (χ2v) is 5.61. The van der Waals surface area contributed by atoms with E-state index in [-0.39, 0.29) is 5.69 Å². The van der Waals surface area contributed by atoms with Gasteiger partial charge in [0.25, 0.3) is 0 Å². The molecular weight excluding hydrogens is 349 g/mol. The number of ether oxygens (including phenoxy) is 1. The number of carbonyl (C=O) groups excluding carboxylic acids is 1. The van der Waals surface area contributed by atoms with Crippen molar-refractivity contribution in [1.82, 2.24) is 0 Å². The van der Waals surface area contributed by atoms with E-state index in [4.69, 9.17) is 4.74 Å². The minimum absolute atomic E-state index is 0.163. The molecule has 2 aromatic carbocycles. The molecule has 0 fully saturated rings. The van der Waals surface area contributed by atoms with E-state index in [1.165, 1.54) is 12.1 Å². The monoisotopic (exact) mass is 363 g/mol. The zero-order chi connectivity index (χ0) is 16.1. The highest BCUT2D eigenvalue weighted by molar-refractivity contribution is 9.10. The highest BCUT2D eigenvalue weighted by Crippen LogP contribution is 2.24. The minimum atomic E-state index is -0.465. The van der Waals surface area contributed by atoms with Gasteiger partial charge < -0.3 is 10.1 Å². The Morgan fingerprint density at radius 2 is 2.05 bits per heavy atom. The standard InChI is InChI=1S/C17H15BrFNO2/c1-11-3-6-14(19)15(9-11)20-17(21)8-4-12-10-13(18)5-7-16(12)22-2/h3-10H,1-2H3,(H,20,21)/b8-4+. The lowest BCUT2D eigenvalue weighted by Gasteiger charge is -2.06. The maximum Gasteiger partial charge on any atom is 0.248 e. The number of halogens is 2. The number of nitrogens with one attached hydrogen (secondary N) is 1.